The van der Waals surface area contributed by atoms with Gasteiger partial charge in [0.25, 0.3) is 5.91 Å². The van der Waals surface area contributed by atoms with Gasteiger partial charge in [0, 0.05) is 36.5 Å². The molecule has 0 aromatic carbocycles. The van der Waals surface area contributed by atoms with Crippen molar-refractivity contribution < 1.29 is 9.53 Å². The molecule has 2 aromatic rings. The Bertz CT molecular complexity index is 932. The van der Waals surface area contributed by atoms with Gasteiger partial charge in [-0.2, -0.15) is 5.26 Å². The number of halogens is 1. The lowest BCUT2D eigenvalue weighted by atomic mass is 10.1. The lowest BCUT2D eigenvalue weighted by Gasteiger charge is -2.16. The second-order valence-electron chi connectivity index (χ2n) is 7.11. The van der Waals surface area contributed by atoms with E-state index in [4.69, 9.17) is 16.3 Å². The Labute approximate surface area is 174 Å². The largest absolute Gasteiger partial charge is 0.376 e. The van der Waals surface area contributed by atoms with Gasteiger partial charge in [-0.3, -0.25) is 4.79 Å². The molecule has 2 aromatic heterocycles. The van der Waals surface area contributed by atoms with Gasteiger partial charge in [0.1, 0.15) is 11.6 Å². The third-order valence-electron chi connectivity index (χ3n) is 5.04. The number of carbonyl (C=O) groups excluding carboxylic acids is 1. The molecule has 1 fully saturated rings. The molecule has 1 aliphatic heterocycles. The van der Waals surface area contributed by atoms with Crippen LogP contribution in [0.15, 0.2) is 23.8 Å². The Kier molecular flexibility index (Phi) is 6.61. The summed E-state index contributed by atoms with van der Waals surface area (Å²) in [6.45, 7) is 6.11. The van der Waals surface area contributed by atoms with Gasteiger partial charge in [-0.25, -0.2) is 0 Å². The van der Waals surface area contributed by atoms with Gasteiger partial charge in [0.05, 0.1) is 17.0 Å². The summed E-state index contributed by atoms with van der Waals surface area (Å²) in [7, 11) is 1.70. The van der Waals surface area contributed by atoms with Crippen molar-refractivity contribution in [1.82, 2.24) is 9.47 Å². The summed E-state index contributed by atoms with van der Waals surface area (Å²) in [5, 5.41) is 9.56. The van der Waals surface area contributed by atoms with E-state index in [-0.39, 0.29) is 17.6 Å². The third kappa shape index (κ3) is 4.67. The molecule has 0 spiro atoms. The fourth-order valence-corrected chi connectivity index (χ4v) is 4.63. The van der Waals surface area contributed by atoms with Gasteiger partial charge in [-0.05, 0) is 56.5 Å². The van der Waals surface area contributed by atoms with E-state index in [0.29, 0.717) is 10.9 Å². The molecular weight excluding hydrogens is 394 g/mol. The summed E-state index contributed by atoms with van der Waals surface area (Å²) in [6.07, 6.45) is 4.10. The molecule has 1 amide bonds. The number of hydrogen-bond acceptors (Lipinski definition) is 4. The second kappa shape index (κ2) is 8.95. The van der Waals surface area contributed by atoms with Crippen molar-refractivity contribution in [2.75, 3.05) is 13.7 Å². The average Bonchev–Trinajstić information content (AvgIpc) is 3.38. The van der Waals surface area contributed by atoms with Crippen LogP contribution in [0.2, 0.25) is 4.34 Å². The standard InChI is InChI=1S/C21H24ClN3O2S/c1-14-9-16(15(2)25(14)12-18-5-4-8-27-18)10-17(11-23)21(26)24(3)13-19-6-7-20(22)28-19/h6-7,9-10,18H,4-5,8,12-13H2,1-3H3/b17-10+. The average molecular weight is 418 g/mol. The lowest BCUT2D eigenvalue weighted by molar-refractivity contribution is -0.125. The minimum Gasteiger partial charge on any atom is -0.376 e. The molecule has 3 rings (SSSR count). The number of amides is 1. The molecule has 1 unspecified atom stereocenters. The number of likely N-dealkylation sites (N-methyl/N-ethyl adjacent to an activating group) is 1. The number of ether oxygens (including phenoxy) is 1. The minimum absolute atomic E-state index is 0.127. The molecule has 5 nitrogen and oxygen atoms in total. The van der Waals surface area contributed by atoms with Crippen molar-refractivity contribution in [3.63, 3.8) is 0 Å². The van der Waals surface area contributed by atoms with Gasteiger partial charge < -0.3 is 14.2 Å². The quantitative estimate of drug-likeness (QED) is 0.511. The summed E-state index contributed by atoms with van der Waals surface area (Å²) in [4.78, 5) is 15.3. The molecule has 0 saturated carbocycles. The maximum atomic E-state index is 12.8. The van der Waals surface area contributed by atoms with E-state index in [1.54, 1.807) is 18.0 Å². The first-order valence-corrected chi connectivity index (χ1v) is 10.5. The van der Waals surface area contributed by atoms with Gasteiger partial charge in [-0.1, -0.05) is 11.6 Å². The molecule has 1 aliphatic rings. The Hall–Kier alpha value is -2.07. The van der Waals surface area contributed by atoms with E-state index in [1.807, 2.05) is 32.0 Å². The van der Waals surface area contributed by atoms with Crippen molar-refractivity contribution in [2.24, 2.45) is 0 Å². The number of aromatic nitrogens is 1. The maximum Gasteiger partial charge on any atom is 0.264 e. The highest BCUT2D eigenvalue weighted by molar-refractivity contribution is 7.16. The number of nitrogens with zero attached hydrogens (tertiary/aromatic N) is 3. The van der Waals surface area contributed by atoms with E-state index in [1.165, 1.54) is 11.3 Å². The van der Waals surface area contributed by atoms with Crippen molar-refractivity contribution in [3.05, 3.63) is 49.9 Å². The van der Waals surface area contributed by atoms with Gasteiger partial charge in [-0.15, -0.1) is 11.3 Å². The zero-order valence-corrected chi connectivity index (χ0v) is 17.9. The van der Waals surface area contributed by atoms with Crippen LogP contribution in [-0.2, 0) is 22.6 Å². The highest BCUT2D eigenvalue weighted by atomic mass is 35.5. The van der Waals surface area contributed by atoms with Crippen LogP contribution in [0.1, 0.15) is 34.7 Å². The fourth-order valence-electron chi connectivity index (χ4n) is 3.49. The van der Waals surface area contributed by atoms with Crippen LogP contribution < -0.4 is 0 Å². The van der Waals surface area contributed by atoms with Crippen molar-refractivity contribution in [3.8, 4) is 6.07 Å². The van der Waals surface area contributed by atoms with E-state index in [0.717, 1.165) is 47.8 Å². The number of carbonyl (C=O) groups is 1. The molecule has 28 heavy (non-hydrogen) atoms. The summed E-state index contributed by atoms with van der Waals surface area (Å²) >= 11 is 7.39. The van der Waals surface area contributed by atoms with Crippen LogP contribution in [-0.4, -0.2) is 35.1 Å². The molecule has 1 atom stereocenters. The summed E-state index contributed by atoms with van der Waals surface area (Å²) in [5.41, 5.74) is 3.17. The molecule has 0 radical (unpaired) electrons. The lowest BCUT2D eigenvalue weighted by Crippen LogP contribution is -2.26. The molecule has 3 heterocycles. The number of hydrogen-bond donors (Lipinski definition) is 0. The SMILES string of the molecule is Cc1cc(/C=C(\C#N)C(=O)N(C)Cc2ccc(Cl)s2)c(C)n1CC1CCCO1. The summed E-state index contributed by atoms with van der Waals surface area (Å²) in [5.74, 6) is -0.295. The maximum absolute atomic E-state index is 12.8. The van der Waals surface area contributed by atoms with Crippen LogP contribution in [0, 0.1) is 25.2 Å². The second-order valence-corrected chi connectivity index (χ2v) is 8.91. The Morgan fingerprint density at radius 3 is 2.89 bits per heavy atom. The molecule has 7 heteroatoms. The van der Waals surface area contributed by atoms with Gasteiger partial charge in [0.15, 0.2) is 0 Å². The predicted octanol–water partition coefficient (Wildman–Crippen LogP) is 4.56. The summed E-state index contributed by atoms with van der Waals surface area (Å²) < 4.78 is 8.64. The van der Waals surface area contributed by atoms with E-state index >= 15 is 0 Å². The van der Waals surface area contributed by atoms with E-state index in [9.17, 15) is 10.1 Å². The minimum atomic E-state index is -0.295. The monoisotopic (exact) mass is 417 g/mol. The van der Waals surface area contributed by atoms with Crippen molar-refractivity contribution in [2.45, 2.75) is 45.9 Å². The number of thiophene rings is 1. The van der Waals surface area contributed by atoms with Gasteiger partial charge in [0.2, 0.25) is 0 Å². The molecular formula is C21H24ClN3O2S. The molecule has 148 valence electrons. The summed E-state index contributed by atoms with van der Waals surface area (Å²) in [6, 6.07) is 7.79. The fraction of sp³-hybridized carbons (Fsp3) is 0.429. The number of nitriles is 1. The highest BCUT2D eigenvalue weighted by Crippen LogP contribution is 2.24. The number of aryl methyl sites for hydroxylation is 1. The predicted molar refractivity (Wildman–Crippen MR) is 112 cm³/mol. The Balaban J connectivity index is 1.77. The zero-order chi connectivity index (χ0) is 20.3. The van der Waals surface area contributed by atoms with Gasteiger partial charge >= 0.3 is 0 Å². The normalized spacial score (nSPS) is 17.0. The first-order valence-electron chi connectivity index (χ1n) is 9.29. The van der Waals surface area contributed by atoms with Crippen LogP contribution >= 0.6 is 22.9 Å². The van der Waals surface area contributed by atoms with E-state index < -0.39 is 0 Å². The van der Waals surface area contributed by atoms with E-state index in [2.05, 4.69) is 10.6 Å². The van der Waals surface area contributed by atoms with Crippen molar-refractivity contribution in [1.29, 1.82) is 5.26 Å². The first kappa shape index (κ1) is 20.7. The Morgan fingerprint density at radius 1 is 1.50 bits per heavy atom. The Morgan fingerprint density at radius 2 is 2.29 bits per heavy atom. The molecule has 0 N–H and O–H groups in total. The third-order valence-corrected chi connectivity index (χ3v) is 6.26. The molecule has 0 aliphatic carbocycles. The first-order chi connectivity index (χ1) is 13.4. The van der Waals surface area contributed by atoms with Crippen LogP contribution in [0.25, 0.3) is 6.08 Å². The zero-order valence-electron chi connectivity index (χ0n) is 16.4. The molecule has 0 bridgehead atoms. The van der Waals surface area contributed by atoms with Crippen LogP contribution in [0.4, 0.5) is 0 Å². The smallest absolute Gasteiger partial charge is 0.264 e. The van der Waals surface area contributed by atoms with Crippen LogP contribution in [0.3, 0.4) is 0 Å². The van der Waals surface area contributed by atoms with Crippen molar-refractivity contribution >= 4 is 34.9 Å². The highest BCUT2D eigenvalue weighted by Gasteiger charge is 2.20. The van der Waals surface area contributed by atoms with Crippen LogP contribution in [0.5, 0.6) is 0 Å². The number of rotatable bonds is 6. The topological polar surface area (TPSA) is 58.3 Å². The molecule has 1 saturated heterocycles.